The van der Waals surface area contributed by atoms with Crippen LogP contribution in [0.25, 0.3) is 0 Å². The average molecular weight is 198 g/mol. The van der Waals surface area contributed by atoms with Gasteiger partial charge in [-0.15, -0.1) is 0 Å². The molecule has 0 unspecified atom stereocenters. The van der Waals surface area contributed by atoms with Gasteiger partial charge in [-0.2, -0.15) is 0 Å². The van der Waals surface area contributed by atoms with Crippen LogP contribution in [0.4, 0.5) is 4.39 Å². The molecule has 0 N–H and O–H groups in total. The number of hydrogen-bond donors (Lipinski definition) is 0. The maximum Gasteiger partial charge on any atom is 0.338 e. The van der Waals surface area contributed by atoms with Gasteiger partial charge in [0.05, 0.1) is 19.8 Å². The van der Waals surface area contributed by atoms with Gasteiger partial charge in [-0.1, -0.05) is 0 Å². The van der Waals surface area contributed by atoms with Crippen LogP contribution in [0.2, 0.25) is 0 Å². The Morgan fingerprint density at radius 2 is 2.00 bits per heavy atom. The third kappa shape index (κ3) is 1.84. The Balaban J connectivity index is 3.21. The van der Waals surface area contributed by atoms with Crippen molar-refractivity contribution in [2.24, 2.45) is 0 Å². The van der Waals surface area contributed by atoms with Crippen molar-refractivity contribution in [1.82, 2.24) is 0 Å². The van der Waals surface area contributed by atoms with Crippen molar-refractivity contribution < 1.29 is 18.7 Å². The summed E-state index contributed by atoms with van der Waals surface area (Å²) in [4.78, 5) is 11.2. The second-order valence-electron chi connectivity index (χ2n) is 2.79. The number of ether oxygens (including phenoxy) is 2. The minimum atomic E-state index is -0.571. The number of benzene rings is 1. The van der Waals surface area contributed by atoms with Gasteiger partial charge in [-0.25, -0.2) is 9.18 Å². The molecular weight excluding hydrogens is 187 g/mol. The lowest BCUT2D eigenvalue weighted by Crippen LogP contribution is -2.05. The predicted octanol–water partition coefficient (Wildman–Crippen LogP) is 1.93. The summed E-state index contributed by atoms with van der Waals surface area (Å²) in [5, 5.41) is 0. The first kappa shape index (κ1) is 10.5. The van der Waals surface area contributed by atoms with Crippen molar-refractivity contribution in [2.75, 3.05) is 14.2 Å². The standard InChI is InChI=1S/C10H11FO3/c1-6-4-9(13-2)8(11)5-7(6)10(12)14-3/h4-5H,1-3H3. The molecule has 0 saturated carbocycles. The highest BCUT2D eigenvalue weighted by Crippen LogP contribution is 2.22. The minimum Gasteiger partial charge on any atom is -0.494 e. The van der Waals surface area contributed by atoms with Gasteiger partial charge in [0, 0.05) is 0 Å². The van der Waals surface area contributed by atoms with E-state index < -0.39 is 11.8 Å². The fraction of sp³-hybridized carbons (Fsp3) is 0.300. The molecule has 0 atom stereocenters. The van der Waals surface area contributed by atoms with E-state index in [4.69, 9.17) is 4.74 Å². The zero-order valence-electron chi connectivity index (χ0n) is 8.26. The van der Waals surface area contributed by atoms with Crippen molar-refractivity contribution in [3.05, 3.63) is 29.1 Å². The molecule has 1 rings (SSSR count). The van der Waals surface area contributed by atoms with Crippen molar-refractivity contribution in [1.29, 1.82) is 0 Å². The maximum absolute atomic E-state index is 13.2. The molecule has 3 nitrogen and oxygen atoms in total. The predicted molar refractivity (Wildman–Crippen MR) is 49.0 cm³/mol. The monoisotopic (exact) mass is 198 g/mol. The molecule has 0 fully saturated rings. The summed E-state index contributed by atoms with van der Waals surface area (Å²) in [5.41, 5.74) is 0.834. The Kier molecular flexibility index (Phi) is 3.06. The minimum absolute atomic E-state index is 0.121. The van der Waals surface area contributed by atoms with Crippen molar-refractivity contribution in [3.8, 4) is 5.75 Å². The first-order chi connectivity index (χ1) is 6.60. The number of carbonyl (C=O) groups excluding carboxylic acids is 1. The van der Waals surface area contributed by atoms with Gasteiger partial charge in [0.1, 0.15) is 0 Å². The number of halogens is 1. The summed E-state index contributed by atoms with van der Waals surface area (Å²) in [5.74, 6) is -1.00. The Morgan fingerprint density at radius 3 is 2.50 bits per heavy atom. The molecular formula is C10H11FO3. The van der Waals surface area contributed by atoms with Gasteiger partial charge in [0.15, 0.2) is 11.6 Å². The zero-order chi connectivity index (χ0) is 10.7. The summed E-state index contributed by atoms with van der Waals surface area (Å²) < 4.78 is 22.5. The highest BCUT2D eigenvalue weighted by molar-refractivity contribution is 5.91. The van der Waals surface area contributed by atoms with E-state index in [9.17, 15) is 9.18 Å². The van der Waals surface area contributed by atoms with Crippen LogP contribution >= 0.6 is 0 Å². The van der Waals surface area contributed by atoms with Gasteiger partial charge in [-0.05, 0) is 24.6 Å². The second-order valence-corrected chi connectivity index (χ2v) is 2.79. The van der Waals surface area contributed by atoms with Gasteiger partial charge >= 0.3 is 5.97 Å². The summed E-state index contributed by atoms with van der Waals surface area (Å²) in [6, 6.07) is 2.57. The molecule has 0 saturated heterocycles. The maximum atomic E-state index is 13.2. The van der Waals surface area contributed by atoms with E-state index in [0.29, 0.717) is 5.56 Å². The van der Waals surface area contributed by atoms with Crippen molar-refractivity contribution in [3.63, 3.8) is 0 Å². The summed E-state index contributed by atoms with van der Waals surface area (Å²) in [6.07, 6.45) is 0. The van der Waals surface area contributed by atoms with Crippen LogP contribution in [0.3, 0.4) is 0 Å². The molecule has 76 valence electrons. The van der Waals surface area contributed by atoms with Gasteiger partial charge < -0.3 is 9.47 Å². The molecule has 0 spiro atoms. The van der Waals surface area contributed by atoms with Crippen LogP contribution in [0.1, 0.15) is 15.9 Å². The number of esters is 1. The number of hydrogen-bond acceptors (Lipinski definition) is 3. The first-order valence-corrected chi connectivity index (χ1v) is 4.02. The molecule has 0 aliphatic heterocycles. The smallest absolute Gasteiger partial charge is 0.338 e. The van der Waals surface area contributed by atoms with E-state index in [0.717, 1.165) is 6.07 Å². The van der Waals surface area contributed by atoms with E-state index in [1.807, 2.05) is 0 Å². The zero-order valence-corrected chi connectivity index (χ0v) is 8.26. The summed E-state index contributed by atoms with van der Waals surface area (Å²) in [6.45, 7) is 1.69. The molecule has 1 aromatic rings. The van der Waals surface area contributed by atoms with Crippen LogP contribution in [0.5, 0.6) is 5.75 Å². The number of methoxy groups -OCH3 is 2. The second kappa shape index (κ2) is 4.09. The fourth-order valence-corrected chi connectivity index (χ4v) is 1.14. The van der Waals surface area contributed by atoms with E-state index in [1.165, 1.54) is 20.3 Å². The lowest BCUT2D eigenvalue weighted by Gasteiger charge is -2.07. The normalized spacial score (nSPS) is 9.71. The van der Waals surface area contributed by atoms with E-state index >= 15 is 0 Å². The first-order valence-electron chi connectivity index (χ1n) is 4.02. The SMILES string of the molecule is COC(=O)c1cc(F)c(OC)cc1C. The third-order valence-electron chi connectivity index (χ3n) is 1.90. The lowest BCUT2D eigenvalue weighted by molar-refractivity contribution is 0.0599. The molecule has 1 aromatic carbocycles. The van der Waals surface area contributed by atoms with Crippen molar-refractivity contribution >= 4 is 5.97 Å². The number of aryl methyl sites for hydroxylation is 1. The fourth-order valence-electron chi connectivity index (χ4n) is 1.14. The summed E-state index contributed by atoms with van der Waals surface area (Å²) in [7, 11) is 2.62. The third-order valence-corrected chi connectivity index (χ3v) is 1.90. The molecule has 0 aliphatic carbocycles. The van der Waals surface area contributed by atoms with Crippen LogP contribution in [0.15, 0.2) is 12.1 Å². The van der Waals surface area contributed by atoms with E-state index in [-0.39, 0.29) is 11.3 Å². The van der Waals surface area contributed by atoms with Crippen LogP contribution in [0, 0.1) is 12.7 Å². The largest absolute Gasteiger partial charge is 0.494 e. The Morgan fingerprint density at radius 1 is 1.36 bits per heavy atom. The van der Waals surface area contributed by atoms with Gasteiger partial charge in [-0.3, -0.25) is 0 Å². The average Bonchev–Trinajstić information content (AvgIpc) is 2.19. The molecule has 0 heterocycles. The van der Waals surface area contributed by atoms with Gasteiger partial charge in [0.2, 0.25) is 0 Å². The highest BCUT2D eigenvalue weighted by atomic mass is 19.1. The highest BCUT2D eigenvalue weighted by Gasteiger charge is 2.13. The van der Waals surface area contributed by atoms with Crippen molar-refractivity contribution in [2.45, 2.75) is 6.92 Å². The number of rotatable bonds is 2. The topological polar surface area (TPSA) is 35.5 Å². The Labute approximate surface area is 81.4 Å². The number of carbonyl (C=O) groups is 1. The van der Waals surface area contributed by atoms with E-state index in [1.54, 1.807) is 6.92 Å². The molecule has 0 radical (unpaired) electrons. The van der Waals surface area contributed by atoms with Crippen LogP contribution < -0.4 is 4.74 Å². The molecule has 0 aromatic heterocycles. The van der Waals surface area contributed by atoms with E-state index in [2.05, 4.69) is 4.74 Å². The molecule has 4 heteroatoms. The lowest BCUT2D eigenvalue weighted by atomic mass is 10.1. The van der Waals surface area contributed by atoms with Gasteiger partial charge in [0.25, 0.3) is 0 Å². The quantitative estimate of drug-likeness (QED) is 0.681. The molecule has 0 bridgehead atoms. The Hall–Kier alpha value is -1.58. The molecule has 0 amide bonds. The summed E-state index contributed by atoms with van der Waals surface area (Å²) >= 11 is 0. The molecule has 0 aliphatic rings. The van der Waals surface area contributed by atoms with Crippen LogP contribution in [-0.4, -0.2) is 20.2 Å². The molecule has 14 heavy (non-hydrogen) atoms. The Bertz CT molecular complexity index is 361. The van der Waals surface area contributed by atoms with Crippen LogP contribution in [-0.2, 0) is 4.74 Å².